The van der Waals surface area contributed by atoms with Gasteiger partial charge < -0.3 is 9.47 Å². The molecule has 3 rings (SSSR count). The van der Waals surface area contributed by atoms with Crippen LogP contribution in [0.1, 0.15) is 24.4 Å². The highest BCUT2D eigenvalue weighted by atomic mass is 32.2. The molecule has 2 atom stereocenters. The van der Waals surface area contributed by atoms with E-state index >= 15 is 0 Å². The Hall–Kier alpha value is -2.17. The van der Waals surface area contributed by atoms with Crippen LogP contribution in [0.4, 0.5) is 17.6 Å². The fourth-order valence-electron chi connectivity index (χ4n) is 2.95. The first-order valence-electron chi connectivity index (χ1n) is 8.39. The lowest BCUT2D eigenvalue weighted by Crippen LogP contribution is -2.36. The van der Waals surface area contributed by atoms with Crippen LogP contribution in [0.5, 0.6) is 5.75 Å². The van der Waals surface area contributed by atoms with Gasteiger partial charge in [0.15, 0.2) is 0 Å². The molecule has 0 aliphatic carbocycles. The lowest BCUT2D eigenvalue weighted by molar-refractivity contribution is -0.274. The standard InChI is InChI=1S/C18H17F4NO4S/c19-13-5-3-12(4-6-13)17(16-2-1-11-26-16)23-28(24,25)15-9-7-14(8-10-15)27-18(20,21)22/h3-10,16-17,23H,1-2,11H2/t16-,17+/m1/s1. The first kappa shape index (κ1) is 20.6. The Kier molecular flexibility index (Phi) is 5.92. The third kappa shape index (κ3) is 5.21. The van der Waals surface area contributed by atoms with Crippen molar-refractivity contribution < 1.29 is 35.5 Å². The van der Waals surface area contributed by atoms with Gasteiger partial charge in [0.1, 0.15) is 11.6 Å². The van der Waals surface area contributed by atoms with Crippen molar-refractivity contribution in [2.45, 2.75) is 36.2 Å². The normalized spacial score (nSPS) is 18.8. The second-order valence-corrected chi connectivity index (χ2v) is 7.94. The van der Waals surface area contributed by atoms with Gasteiger partial charge in [0.05, 0.1) is 17.0 Å². The van der Waals surface area contributed by atoms with Crippen LogP contribution in [-0.2, 0) is 14.8 Å². The molecule has 1 N–H and O–H groups in total. The molecule has 1 saturated heterocycles. The zero-order chi connectivity index (χ0) is 20.4. The van der Waals surface area contributed by atoms with Crippen LogP contribution in [0.25, 0.3) is 0 Å². The number of hydrogen-bond acceptors (Lipinski definition) is 4. The van der Waals surface area contributed by atoms with Crippen molar-refractivity contribution in [3.63, 3.8) is 0 Å². The summed E-state index contributed by atoms with van der Waals surface area (Å²) in [5, 5.41) is 0. The highest BCUT2D eigenvalue weighted by Crippen LogP contribution is 2.30. The van der Waals surface area contributed by atoms with Crippen molar-refractivity contribution in [3.8, 4) is 5.75 Å². The minimum atomic E-state index is -4.87. The van der Waals surface area contributed by atoms with Gasteiger partial charge in [0.25, 0.3) is 0 Å². The van der Waals surface area contributed by atoms with E-state index < -0.39 is 40.1 Å². The topological polar surface area (TPSA) is 64.6 Å². The highest BCUT2D eigenvalue weighted by Gasteiger charge is 2.33. The SMILES string of the molecule is O=S(=O)(N[C@@H](c1ccc(F)cc1)[C@H]1CCCO1)c1ccc(OC(F)(F)F)cc1. The Morgan fingerprint density at radius 3 is 2.25 bits per heavy atom. The van der Waals surface area contributed by atoms with E-state index in [-0.39, 0.29) is 4.90 Å². The molecule has 0 bridgehead atoms. The van der Waals surface area contributed by atoms with Crippen LogP contribution in [-0.4, -0.2) is 27.5 Å². The molecule has 152 valence electrons. The van der Waals surface area contributed by atoms with E-state index in [1.165, 1.54) is 24.3 Å². The maximum Gasteiger partial charge on any atom is 0.573 e. The summed E-state index contributed by atoms with van der Waals surface area (Å²) in [4.78, 5) is -0.230. The minimum Gasteiger partial charge on any atom is -0.406 e. The number of rotatable bonds is 6. The molecule has 5 nitrogen and oxygen atoms in total. The van der Waals surface area contributed by atoms with E-state index in [1.54, 1.807) is 0 Å². The first-order valence-corrected chi connectivity index (χ1v) is 9.87. The number of sulfonamides is 1. The highest BCUT2D eigenvalue weighted by molar-refractivity contribution is 7.89. The molecule has 0 amide bonds. The largest absolute Gasteiger partial charge is 0.573 e. The summed E-state index contributed by atoms with van der Waals surface area (Å²) < 4.78 is 87.3. The summed E-state index contributed by atoms with van der Waals surface area (Å²) in [6.45, 7) is 0.480. The smallest absolute Gasteiger partial charge is 0.406 e. The first-order chi connectivity index (χ1) is 13.1. The van der Waals surface area contributed by atoms with Gasteiger partial charge in [0, 0.05) is 6.61 Å². The third-order valence-electron chi connectivity index (χ3n) is 4.22. The van der Waals surface area contributed by atoms with E-state index in [1.807, 2.05) is 0 Å². The summed E-state index contributed by atoms with van der Waals surface area (Å²) in [5.74, 6) is -0.987. The average Bonchev–Trinajstić information content (AvgIpc) is 3.14. The van der Waals surface area contributed by atoms with Crippen LogP contribution < -0.4 is 9.46 Å². The molecule has 2 aromatic carbocycles. The number of nitrogens with one attached hydrogen (secondary N) is 1. The van der Waals surface area contributed by atoms with E-state index in [0.29, 0.717) is 18.6 Å². The average molecular weight is 419 g/mol. The zero-order valence-electron chi connectivity index (χ0n) is 14.4. The van der Waals surface area contributed by atoms with Crippen LogP contribution in [0, 0.1) is 5.82 Å². The fraction of sp³-hybridized carbons (Fsp3) is 0.333. The molecule has 1 fully saturated rings. The summed E-state index contributed by atoms with van der Waals surface area (Å²) in [5.41, 5.74) is 0.522. The van der Waals surface area contributed by atoms with Crippen molar-refractivity contribution in [2.75, 3.05) is 6.61 Å². The van der Waals surface area contributed by atoms with E-state index in [0.717, 1.165) is 30.7 Å². The number of alkyl halides is 3. The molecule has 0 radical (unpaired) electrons. The predicted octanol–water partition coefficient (Wildman–Crippen LogP) is 3.92. The van der Waals surface area contributed by atoms with Gasteiger partial charge >= 0.3 is 6.36 Å². The monoisotopic (exact) mass is 419 g/mol. The van der Waals surface area contributed by atoms with Gasteiger partial charge in [-0.3, -0.25) is 0 Å². The molecule has 1 aliphatic heterocycles. The fourth-order valence-corrected chi connectivity index (χ4v) is 4.20. The quantitative estimate of drug-likeness (QED) is 0.721. The van der Waals surface area contributed by atoms with Crippen LogP contribution in [0.2, 0.25) is 0 Å². The second-order valence-electron chi connectivity index (χ2n) is 6.22. The lowest BCUT2D eigenvalue weighted by Gasteiger charge is -2.24. The summed E-state index contributed by atoms with van der Waals surface area (Å²) >= 11 is 0. The van der Waals surface area contributed by atoms with Crippen molar-refractivity contribution in [2.24, 2.45) is 0 Å². The number of benzene rings is 2. The van der Waals surface area contributed by atoms with Gasteiger partial charge in [-0.1, -0.05) is 12.1 Å². The number of hydrogen-bond donors (Lipinski definition) is 1. The van der Waals surface area contributed by atoms with E-state index in [9.17, 15) is 26.0 Å². The van der Waals surface area contributed by atoms with Gasteiger partial charge in [0.2, 0.25) is 10.0 Å². The molecule has 1 aliphatic rings. The maximum absolute atomic E-state index is 13.2. The summed E-state index contributed by atoms with van der Waals surface area (Å²) in [6, 6.07) is 8.46. The van der Waals surface area contributed by atoms with Gasteiger partial charge in [-0.15, -0.1) is 13.2 Å². The van der Waals surface area contributed by atoms with E-state index in [2.05, 4.69) is 9.46 Å². The molecule has 1 heterocycles. The molecule has 2 aromatic rings. The van der Waals surface area contributed by atoms with Gasteiger partial charge in [-0.25, -0.2) is 17.5 Å². The number of halogens is 4. The predicted molar refractivity (Wildman–Crippen MR) is 91.6 cm³/mol. The Morgan fingerprint density at radius 2 is 1.71 bits per heavy atom. The van der Waals surface area contributed by atoms with Gasteiger partial charge in [-0.2, -0.15) is 0 Å². The lowest BCUT2D eigenvalue weighted by atomic mass is 10.0. The Balaban J connectivity index is 1.83. The zero-order valence-corrected chi connectivity index (χ0v) is 15.3. The summed E-state index contributed by atoms with van der Waals surface area (Å²) in [6.07, 6.45) is -3.93. The molecular formula is C18H17F4NO4S. The molecule has 0 spiro atoms. The van der Waals surface area contributed by atoms with Crippen molar-refractivity contribution >= 4 is 10.0 Å². The Morgan fingerprint density at radius 1 is 1.07 bits per heavy atom. The minimum absolute atomic E-state index is 0.230. The molecule has 28 heavy (non-hydrogen) atoms. The van der Waals surface area contributed by atoms with Crippen molar-refractivity contribution in [1.29, 1.82) is 0 Å². The van der Waals surface area contributed by atoms with Crippen LogP contribution in [0.15, 0.2) is 53.4 Å². The summed E-state index contributed by atoms with van der Waals surface area (Å²) in [7, 11) is -4.08. The van der Waals surface area contributed by atoms with E-state index in [4.69, 9.17) is 4.74 Å². The molecular weight excluding hydrogens is 402 g/mol. The number of ether oxygens (including phenoxy) is 2. The third-order valence-corrected chi connectivity index (χ3v) is 5.67. The molecule has 10 heteroatoms. The molecule has 0 aromatic heterocycles. The molecule has 0 unspecified atom stereocenters. The molecule has 0 saturated carbocycles. The maximum atomic E-state index is 13.2. The second kappa shape index (κ2) is 8.06. The van der Waals surface area contributed by atoms with Crippen LogP contribution in [0.3, 0.4) is 0 Å². The van der Waals surface area contributed by atoms with Crippen LogP contribution >= 0.6 is 0 Å². The Labute approximate surface area is 159 Å². The van der Waals surface area contributed by atoms with Crippen molar-refractivity contribution in [3.05, 3.63) is 59.9 Å². The van der Waals surface area contributed by atoms with Gasteiger partial charge in [-0.05, 0) is 54.8 Å². The van der Waals surface area contributed by atoms with Crippen molar-refractivity contribution in [1.82, 2.24) is 4.72 Å². The Bertz CT molecular complexity index is 893.